The number of methoxy groups -OCH3 is 1. The van der Waals surface area contributed by atoms with Crippen LogP contribution in [-0.4, -0.2) is 18.0 Å². The van der Waals surface area contributed by atoms with Gasteiger partial charge in [-0.1, -0.05) is 41.7 Å². The lowest BCUT2D eigenvalue weighted by Crippen LogP contribution is -2.04. The smallest absolute Gasteiger partial charge is 0.223 e. The predicted octanol–water partition coefficient (Wildman–Crippen LogP) is 4.24. The summed E-state index contributed by atoms with van der Waals surface area (Å²) >= 11 is 1.46. The Labute approximate surface area is 132 Å². The van der Waals surface area contributed by atoms with Gasteiger partial charge in [0.05, 0.1) is 17.7 Å². The third-order valence-electron chi connectivity index (χ3n) is 3.42. The van der Waals surface area contributed by atoms with E-state index in [0.717, 1.165) is 32.7 Å². The first-order chi connectivity index (χ1) is 10.6. The molecule has 22 heavy (non-hydrogen) atoms. The molecule has 0 radical (unpaired) electrons. The number of fused-ring (bicyclic) bond motifs is 1. The predicted molar refractivity (Wildman–Crippen MR) is 90.6 cm³/mol. The molecule has 0 saturated heterocycles. The summed E-state index contributed by atoms with van der Waals surface area (Å²) < 4.78 is 5.54. The van der Waals surface area contributed by atoms with Gasteiger partial charge in [0.1, 0.15) is 5.75 Å². The fourth-order valence-corrected chi connectivity index (χ4v) is 3.56. The van der Waals surface area contributed by atoms with Gasteiger partial charge in [0.25, 0.3) is 0 Å². The van der Waals surface area contributed by atoms with Crippen molar-refractivity contribution in [2.75, 3.05) is 12.4 Å². The van der Waals surface area contributed by atoms with E-state index in [1.807, 2.05) is 31.2 Å². The van der Waals surface area contributed by atoms with Crippen LogP contribution in [0.1, 0.15) is 12.6 Å². The molecular formula is C17H16N2O2S. The van der Waals surface area contributed by atoms with E-state index in [9.17, 15) is 4.79 Å². The largest absolute Gasteiger partial charge is 0.496 e. The Balaban J connectivity index is 2.25. The van der Waals surface area contributed by atoms with Gasteiger partial charge >= 0.3 is 0 Å². The van der Waals surface area contributed by atoms with Crippen molar-refractivity contribution in [3.63, 3.8) is 0 Å². The molecule has 4 nitrogen and oxygen atoms in total. The Morgan fingerprint density at radius 2 is 2.00 bits per heavy atom. The number of anilines is 1. The van der Waals surface area contributed by atoms with Crippen molar-refractivity contribution in [1.82, 2.24) is 4.98 Å². The zero-order valence-electron chi connectivity index (χ0n) is 12.6. The third-order valence-corrected chi connectivity index (χ3v) is 4.51. The molecule has 112 valence electrons. The lowest BCUT2D eigenvalue weighted by Gasteiger charge is -2.11. The van der Waals surface area contributed by atoms with Crippen LogP contribution < -0.4 is 10.1 Å². The second kappa shape index (κ2) is 5.77. The van der Waals surface area contributed by atoms with Gasteiger partial charge in [-0.3, -0.25) is 4.79 Å². The van der Waals surface area contributed by atoms with Crippen molar-refractivity contribution < 1.29 is 9.53 Å². The number of carbonyl (C=O) groups excluding carboxylic acids is 1. The molecule has 0 aliphatic carbocycles. The van der Waals surface area contributed by atoms with Crippen LogP contribution in [0.3, 0.4) is 0 Å². The molecule has 1 aromatic heterocycles. The number of thiazole rings is 1. The maximum atomic E-state index is 11.2. The van der Waals surface area contributed by atoms with Gasteiger partial charge in [0.15, 0.2) is 5.13 Å². The highest BCUT2D eigenvalue weighted by Crippen LogP contribution is 2.42. The third kappa shape index (κ3) is 2.55. The molecule has 5 heteroatoms. The molecule has 3 aromatic rings. The van der Waals surface area contributed by atoms with Crippen LogP contribution in [-0.2, 0) is 4.79 Å². The molecule has 0 bridgehead atoms. The summed E-state index contributed by atoms with van der Waals surface area (Å²) in [5, 5.41) is 5.61. The number of rotatable bonds is 3. The number of benzene rings is 2. The van der Waals surface area contributed by atoms with E-state index in [1.54, 1.807) is 7.11 Å². The Kier molecular flexibility index (Phi) is 3.81. The number of ether oxygens (including phenoxy) is 1. The summed E-state index contributed by atoms with van der Waals surface area (Å²) in [6, 6.07) is 12.2. The SMILES string of the molecule is COc1ccc2ccccc2c1-c1sc(NC(C)=O)nc1C. The number of nitrogens with zero attached hydrogens (tertiary/aromatic N) is 1. The van der Waals surface area contributed by atoms with Gasteiger partial charge in [-0.2, -0.15) is 0 Å². The van der Waals surface area contributed by atoms with Crippen molar-refractivity contribution in [3.05, 3.63) is 42.1 Å². The van der Waals surface area contributed by atoms with E-state index < -0.39 is 0 Å². The van der Waals surface area contributed by atoms with Crippen molar-refractivity contribution in [3.8, 4) is 16.2 Å². The first kappa shape index (κ1) is 14.5. The van der Waals surface area contributed by atoms with Crippen molar-refractivity contribution in [2.24, 2.45) is 0 Å². The molecule has 3 rings (SSSR count). The molecular weight excluding hydrogens is 296 g/mol. The normalized spacial score (nSPS) is 10.7. The van der Waals surface area contributed by atoms with Crippen LogP contribution in [0.4, 0.5) is 5.13 Å². The second-order valence-electron chi connectivity index (χ2n) is 4.98. The van der Waals surface area contributed by atoms with Gasteiger partial charge in [-0.25, -0.2) is 4.98 Å². The van der Waals surface area contributed by atoms with Crippen molar-refractivity contribution in [1.29, 1.82) is 0 Å². The summed E-state index contributed by atoms with van der Waals surface area (Å²) in [6.07, 6.45) is 0. The first-order valence-corrected chi connectivity index (χ1v) is 7.73. The number of hydrogen-bond donors (Lipinski definition) is 1. The Bertz CT molecular complexity index is 855. The Morgan fingerprint density at radius 3 is 2.73 bits per heavy atom. The summed E-state index contributed by atoms with van der Waals surface area (Å²) in [5.41, 5.74) is 1.90. The molecule has 0 spiro atoms. The van der Waals surface area contributed by atoms with Crippen LogP contribution in [0.25, 0.3) is 21.2 Å². The van der Waals surface area contributed by atoms with Crippen LogP contribution in [0.5, 0.6) is 5.75 Å². The van der Waals surface area contributed by atoms with E-state index in [1.165, 1.54) is 18.3 Å². The van der Waals surface area contributed by atoms with Crippen LogP contribution >= 0.6 is 11.3 Å². The van der Waals surface area contributed by atoms with Gasteiger partial charge in [0, 0.05) is 12.5 Å². The van der Waals surface area contributed by atoms with Gasteiger partial charge in [-0.15, -0.1) is 0 Å². The molecule has 0 aliphatic heterocycles. The van der Waals surface area contributed by atoms with Gasteiger partial charge in [0.2, 0.25) is 5.91 Å². The number of aryl methyl sites for hydroxylation is 1. The molecule has 1 heterocycles. The van der Waals surface area contributed by atoms with E-state index >= 15 is 0 Å². The minimum absolute atomic E-state index is 0.120. The van der Waals surface area contributed by atoms with E-state index in [4.69, 9.17) is 4.74 Å². The zero-order valence-corrected chi connectivity index (χ0v) is 13.5. The first-order valence-electron chi connectivity index (χ1n) is 6.91. The minimum atomic E-state index is -0.120. The molecule has 2 aromatic carbocycles. The molecule has 0 fully saturated rings. The molecule has 1 N–H and O–H groups in total. The zero-order chi connectivity index (χ0) is 15.7. The average molecular weight is 312 g/mol. The topological polar surface area (TPSA) is 51.2 Å². The summed E-state index contributed by atoms with van der Waals surface area (Å²) in [6.45, 7) is 3.42. The number of amides is 1. The maximum absolute atomic E-state index is 11.2. The number of hydrogen-bond acceptors (Lipinski definition) is 4. The van der Waals surface area contributed by atoms with Gasteiger partial charge < -0.3 is 10.1 Å². The quantitative estimate of drug-likeness (QED) is 0.787. The van der Waals surface area contributed by atoms with Crippen LogP contribution in [0, 0.1) is 6.92 Å². The van der Waals surface area contributed by atoms with Gasteiger partial charge in [-0.05, 0) is 23.8 Å². The highest BCUT2D eigenvalue weighted by molar-refractivity contribution is 7.19. The standard InChI is InChI=1S/C17H16N2O2S/c1-10-16(22-17(18-10)19-11(2)20)15-13-7-5-4-6-12(13)8-9-14(15)21-3/h4-9H,1-3H3,(H,18,19,20). The fraction of sp³-hybridized carbons (Fsp3) is 0.176. The summed E-state index contributed by atoms with van der Waals surface area (Å²) in [5.74, 6) is 0.685. The van der Waals surface area contributed by atoms with E-state index in [-0.39, 0.29) is 5.91 Å². The lowest BCUT2D eigenvalue weighted by atomic mass is 10.0. The molecule has 1 amide bonds. The highest BCUT2D eigenvalue weighted by atomic mass is 32.1. The number of nitrogens with one attached hydrogen (secondary N) is 1. The average Bonchev–Trinajstić information content (AvgIpc) is 2.85. The number of carbonyl (C=O) groups is 1. The highest BCUT2D eigenvalue weighted by Gasteiger charge is 2.17. The monoisotopic (exact) mass is 312 g/mol. The van der Waals surface area contributed by atoms with Crippen LogP contribution in [0.15, 0.2) is 36.4 Å². The van der Waals surface area contributed by atoms with Crippen molar-refractivity contribution in [2.45, 2.75) is 13.8 Å². The molecule has 0 saturated carbocycles. The lowest BCUT2D eigenvalue weighted by molar-refractivity contribution is -0.114. The molecule has 0 unspecified atom stereocenters. The Morgan fingerprint density at radius 1 is 1.23 bits per heavy atom. The van der Waals surface area contributed by atoms with Crippen LogP contribution in [0.2, 0.25) is 0 Å². The number of aromatic nitrogens is 1. The second-order valence-corrected chi connectivity index (χ2v) is 5.98. The summed E-state index contributed by atoms with van der Waals surface area (Å²) in [4.78, 5) is 16.7. The molecule has 0 atom stereocenters. The van der Waals surface area contributed by atoms with E-state index in [0.29, 0.717) is 5.13 Å². The summed E-state index contributed by atoms with van der Waals surface area (Å²) in [7, 11) is 1.67. The molecule has 0 aliphatic rings. The fourth-order valence-electron chi connectivity index (χ4n) is 2.49. The Hall–Kier alpha value is -2.40. The minimum Gasteiger partial charge on any atom is -0.496 e. The van der Waals surface area contributed by atoms with Crippen molar-refractivity contribution >= 4 is 33.1 Å². The maximum Gasteiger partial charge on any atom is 0.223 e. The van der Waals surface area contributed by atoms with E-state index in [2.05, 4.69) is 22.4 Å².